The summed E-state index contributed by atoms with van der Waals surface area (Å²) in [4.78, 5) is 19.5. The highest BCUT2D eigenvalue weighted by atomic mass is 32.1. The number of carbonyl (C=O) groups excluding carboxylic acids is 1. The lowest BCUT2D eigenvalue weighted by Crippen LogP contribution is -2.38. The van der Waals surface area contributed by atoms with Crippen LogP contribution in [-0.4, -0.2) is 21.8 Å². The minimum atomic E-state index is 0.135. The van der Waals surface area contributed by atoms with E-state index in [0.29, 0.717) is 19.6 Å². The Balaban J connectivity index is 1.62. The molecule has 0 aliphatic carbocycles. The standard InChI is InChI=1S/C23H26N2O2S/c1-3-18(2)25(23(26)14-19-10-6-4-7-11-19)15-20-17-28-22(24-20)16-27-21-12-8-5-9-13-21/h4-13,17-18H,3,14-16H2,1-2H3. The van der Waals surface area contributed by atoms with Crippen molar-refractivity contribution in [3.05, 3.63) is 82.3 Å². The van der Waals surface area contributed by atoms with Gasteiger partial charge in [-0.05, 0) is 31.0 Å². The van der Waals surface area contributed by atoms with Gasteiger partial charge < -0.3 is 9.64 Å². The number of hydrogen-bond acceptors (Lipinski definition) is 4. The fraction of sp³-hybridized carbons (Fsp3) is 0.304. The van der Waals surface area contributed by atoms with Gasteiger partial charge in [0.2, 0.25) is 5.91 Å². The lowest BCUT2D eigenvalue weighted by atomic mass is 10.1. The van der Waals surface area contributed by atoms with Crippen LogP contribution in [0.3, 0.4) is 0 Å². The number of para-hydroxylation sites is 1. The van der Waals surface area contributed by atoms with Crippen molar-refractivity contribution in [2.45, 2.75) is 45.9 Å². The highest BCUT2D eigenvalue weighted by Gasteiger charge is 2.20. The van der Waals surface area contributed by atoms with Crippen LogP contribution in [0.15, 0.2) is 66.0 Å². The van der Waals surface area contributed by atoms with Crippen LogP contribution in [0.5, 0.6) is 5.75 Å². The van der Waals surface area contributed by atoms with Crippen molar-refractivity contribution < 1.29 is 9.53 Å². The molecule has 0 spiro atoms. The molecule has 0 aliphatic rings. The monoisotopic (exact) mass is 394 g/mol. The van der Waals surface area contributed by atoms with E-state index in [-0.39, 0.29) is 11.9 Å². The van der Waals surface area contributed by atoms with Gasteiger partial charge in [0.25, 0.3) is 0 Å². The molecule has 146 valence electrons. The Bertz CT molecular complexity index is 865. The van der Waals surface area contributed by atoms with Crippen molar-refractivity contribution in [3.63, 3.8) is 0 Å². The minimum absolute atomic E-state index is 0.135. The maximum atomic E-state index is 12.9. The first-order valence-electron chi connectivity index (χ1n) is 9.60. The summed E-state index contributed by atoms with van der Waals surface area (Å²) in [5.41, 5.74) is 1.95. The molecule has 3 aromatic rings. The average molecular weight is 395 g/mol. The number of rotatable bonds is 9. The van der Waals surface area contributed by atoms with E-state index in [1.165, 1.54) is 0 Å². The number of amides is 1. The Labute approximate surface area is 170 Å². The molecule has 28 heavy (non-hydrogen) atoms. The fourth-order valence-corrected chi connectivity index (χ4v) is 3.60. The number of thiazole rings is 1. The summed E-state index contributed by atoms with van der Waals surface area (Å²) in [6, 6.07) is 19.8. The zero-order valence-corrected chi connectivity index (χ0v) is 17.2. The van der Waals surface area contributed by atoms with E-state index in [9.17, 15) is 4.79 Å². The zero-order valence-electron chi connectivity index (χ0n) is 16.4. The predicted octanol–water partition coefficient (Wildman–Crippen LogP) is 5.09. The van der Waals surface area contributed by atoms with Gasteiger partial charge in [-0.1, -0.05) is 55.5 Å². The Morgan fingerprint density at radius 3 is 2.46 bits per heavy atom. The summed E-state index contributed by atoms with van der Waals surface area (Å²) in [7, 11) is 0. The van der Waals surface area contributed by atoms with Gasteiger partial charge in [-0.2, -0.15) is 0 Å². The van der Waals surface area contributed by atoms with E-state index >= 15 is 0 Å². The Morgan fingerprint density at radius 1 is 1.11 bits per heavy atom. The van der Waals surface area contributed by atoms with Gasteiger partial charge in [0.15, 0.2) is 0 Å². The molecule has 0 saturated carbocycles. The SMILES string of the molecule is CCC(C)N(Cc1csc(COc2ccccc2)n1)C(=O)Cc1ccccc1. The molecule has 4 nitrogen and oxygen atoms in total. The summed E-state index contributed by atoms with van der Waals surface area (Å²) in [6.07, 6.45) is 1.33. The first-order valence-corrected chi connectivity index (χ1v) is 10.5. The Hall–Kier alpha value is -2.66. The van der Waals surface area contributed by atoms with Crippen LogP contribution >= 0.6 is 11.3 Å². The van der Waals surface area contributed by atoms with Crippen molar-refractivity contribution in [3.8, 4) is 5.75 Å². The highest BCUT2D eigenvalue weighted by molar-refractivity contribution is 7.09. The van der Waals surface area contributed by atoms with Crippen LogP contribution in [-0.2, 0) is 24.4 Å². The number of nitrogens with zero attached hydrogens (tertiary/aromatic N) is 2. The molecule has 0 fully saturated rings. The average Bonchev–Trinajstić information content (AvgIpc) is 3.19. The third-order valence-corrected chi connectivity index (χ3v) is 5.55. The van der Waals surface area contributed by atoms with Crippen LogP contribution in [0.25, 0.3) is 0 Å². The molecule has 5 heteroatoms. The van der Waals surface area contributed by atoms with Gasteiger partial charge in [0.1, 0.15) is 17.4 Å². The van der Waals surface area contributed by atoms with Crippen LogP contribution in [0.4, 0.5) is 0 Å². The predicted molar refractivity (Wildman–Crippen MR) is 113 cm³/mol. The number of ether oxygens (including phenoxy) is 1. The third-order valence-electron chi connectivity index (χ3n) is 4.68. The van der Waals surface area contributed by atoms with E-state index in [1.54, 1.807) is 11.3 Å². The van der Waals surface area contributed by atoms with E-state index in [0.717, 1.165) is 28.4 Å². The lowest BCUT2D eigenvalue weighted by Gasteiger charge is -2.28. The molecule has 0 radical (unpaired) electrons. The number of aromatic nitrogens is 1. The van der Waals surface area contributed by atoms with Crippen molar-refractivity contribution in [2.24, 2.45) is 0 Å². The second kappa shape index (κ2) is 10.0. The van der Waals surface area contributed by atoms with E-state index < -0.39 is 0 Å². The smallest absolute Gasteiger partial charge is 0.227 e. The van der Waals surface area contributed by atoms with Gasteiger partial charge in [-0.15, -0.1) is 11.3 Å². The molecule has 1 aromatic heterocycles. The molecule has 3 rings (SSSR count). The molecule has 0 N–H and O–H groups in total. The van der Waals surface area contributed by atoms with Crippen molar-refractivity contribution in [1.82, 2.24) is 9.88 Å². The largest absolute Gasteiger partial charge is 0.486 e. The molecule has 1 unspecified atom stereocenters. The molecular formula is C23H26N2O2S. The molecule has 0 aliphatic heterocycles. The Morgan fingerprint density at radius 2 is 1.79 bits per heavy atom. The van der Waals surface area contributed by atoms with E-state index in [1.807, 2.05) is 70.9 Å². The van der Waals surface area contributed by atoms with Crippen LogP contribution in [0, 0.1) is 0 Å². The maximum absolute atomic E-state index is 12.9. The van der Waals surface area contributed by atoms with Crippen molar-refractivity contribution in [1.29, 1.82) is 0 Å². The minimum Gasteiger partial charge on any atom is -0.486 e. The van der Waals surface area contributed by atoms with Crippen LogP contribution < -0.4 is 4.74 Å². The molecule has 1 amide bonds. The van der Waals surface area contributed by atoms with E-state index in [4.69, 9.17) is 4.74 Å². The fourth-order valence-electron chi connectivity index (χ4n) is 2.91. The summed E-state index contributed by atoms with van der Waals surface area (Å²) in [5, 5.41) is 2.94. The highest BCUT2D eigenvalue weighted by Crippen LogP contribution is 2.18. The van der Waals surface area contributed by atoms with Crippen molar-refractivity contribution in [2.75, 3.05) is 0 Å². The van der Waals surface area contributed by atoms with Gasteiger partial charge in [-0.25, -0.2) is 4.98 Å². The third kappa shape index (κ3) is 5.67. The van der Waals surface area contributed by atoms with Crippen LogP contribution in [0.2, 0.25) is 0 Å². The van der Waals surface area contributed by atoms with Crippen LogP contribution in [0.1, 0.15) is 36.5 Å². The normalized spacial score (nSPS) is 11.8. The molecule has 0 saturated heterocycles. The molecule has 2 aromatic carbocycles. The quantitative estimate of drug-likeness (QED) is 0.507. The van der Waals surface area contributed by atoms with Crippen molar-refractivity contribution >= 4 is 17.2 Å². The summed E-state index contributed by atoms with van der Waals surface area (Å²) in [6.45, 7) is 5.17. The first kappa shape index (κ1) is 20.1. The number of carbonyl (C=O) groups is 1. The zero-order chi connectivity index (χ0) is 19.8. The lowest BCUT2D eigenvalue weighted by molar-refractivity contribution is -0.133. The maximum Gasteiger partial charge on any atom is 0.227 e. The Kier molecular flexibility index (Phi) is 7.20. The molecule has 0 bridgehead atoms. The summed E-state index contributed by atoms with van der Waals surface area (Å²) < 4.78 is 5.77. The molecule has 1 atom stereocenters. The number of benzene rings is 2. The second-order valence-electron chi connectivity index (χ2n) is 6.78. The molecule has 1 heterocycles. The number of hydrogen-bond donors (Lipinski definition) is 0. The molecular weight excluding hydrogens is 368 g/mol. The first-order chi connectivity index (χ1) is 13.7. The topological polar surface area (TPSA) is 42.4 Å². The van der Waals surface area contributed by atoms with Gasteiger partial charge in [-0.3, -0.25) is 4.79 Å². The van der Waals surface area contributed by atoms with Gasteiger partial charge in [0.05, 0.1) is 18.7 Å². The van der Waals surface area contributed by atoms with Gasteiger partial charge in [0, 0.05) is 11.4 Å². The summed E-state index contributed by atoms with van der Waals surface area (Å²) in [5.74, 6) is 0.967. The summed E-state index contributed by atoms with van der Waals surface area (Å²) >= 11 is 1.57. The van der Waals surface area contributed by atoms with E-state index in [2.05, 4.69) is 18.8 Å². The second-order valence-corrected chi connectivity index (χ2v) is 7.72. The van der Waals surface area contributed by atoms with Gasteiger partial charge >= 0.3 is 0 Å².